The van der Waals surface area contributed by atoms with Crippen LogP contribution in [0.5, 0.6) is 5.75 Å². The molecule has 24 heavy (non-hydrogen) atoms. The number of benzene rings is 2. The molecule has 5 nitrogen and oxygen atoms in total. The minimum atomic E-state index is -0.416. The first-order valence-electron chi connectivity index (χ1n) is 7.28. The van der Waals surface area contributed by atoms with E-state index in [1.54, 1.807) is 6.21 Å². The van der Waals surface area contributed by atoms with Crippen LogP contribution in [0.1, 0.15) is 18.1 Å². The van der Waals surface area contributed by atoms with Gasteiger partial charge in [-0.2, -0.15) is 5.10 Å². The van der Waals surface area contributed by atoms with Crippen molar-refractivity contribution >= 4 is 49.8 Å². The minimum Gasteiger partial charge on any atom is -0.493 e. The van der Waals surface area contributed by atoms with Crippen LogP contribution in [0.4, 0.5) is 10.5 Å². The van der Waals surface area contributed by atoms with Gasteiger partial charge in [0.05, 0.1) is 12.8 Å². The second-order valence-electron chi connectivity index (χ2n) is 4.90. The molecule has 0 spiro atoms. The van der Waals surface area contributed by atoms with Crippen LogP contribution in [0.25, 0.3) is 0 Å². The SMILES string of the molecule is CCOc1ccc(Br)cc1/C=N/NC(=O)Nc1ccc(Br)c(C)c1. The van der Waals surface area contributed by atoms with Crippen LogP contribution in [0.3, 0.4) is 0 Å². The lowest BCUT2D eigenvalue weighted by Crippen LogP contribution is -2.24. The summed E-state index contributed by atoms with van der Waals surface area (Å²) in [7, 11) is 0. The van der Waals surface area contributed by atoms with Crippen molar-refractivity contribution in [2.24, 2.45) is 5.10 Å². The smallest absolute Gasteiger partial charge is 0.339 e. The summed E-state index contributed by atoms with van der Waals surface area (Å²) in [5, 5.41) is 6.69. The van der Waals surface area contributed by atoms with Crippen LogP contribution in [0.2, 0.25) is 0 Å². The molecule has 0 radical (unpaired) electrons. The van der Waals surface area contributed by atoms with Gasteiger partial charge in [0.15, 0.2) is 0 Å². The zero-order valence-corrected chi connectivity index (χ0v) is 16.4. The van der Waals surface area contributed by atoms with E-state index >= 15 is 0 Å². The number of hydrazone groups is 1. The molecule has 0 atom stereocenters. The van der Waals surface area contributed by atoms with Crippen molar-refractivity contribution in [1.29, 1.82) is 0 Å². The number of nitrogens with zero attached hydrogens (tertiary/aromatic N) is 1. The van der Waals surface area contributed by atoms with E-state index in [-0.39, 0.29) is 0 Å². The number of carbonyl (C=O) groups is 1. The van der Waals surface area contributed by atoms with Crippen LogP contribution in [0, 0.1) is 6.92 Å². The fourth-order valence-corrected chi connectivity index (χ4v) is 2.57. The average molecular weight is 455 g/mol. The molecular formula is C17H17Br2N3O2. The molecule has 0 unspecified atom stereocenters. The Morgan fingerprint density at radius 2 is 2.04 bits per heavy atom. The number of nitrogens with one attached hydrogen (secondary N) is 2. The molecule has 0 saturated carbocycles. The van der Waals surface area contributed by atoms with Crippen molar-refractivity contribution in [3.8, 4) is 5.75 Å². The molecule has 2 aromatic rings. The van der Waals surface area contributed by atoms with E-state index in [1.807, 2.05) is 50.2 Å². The van der Waals surface area contributed by atoms with Gasteiger partial charge in [0, 0.05) is 20.2 Å². The summed E-state index contributed by atoms with van der Waals surface area (Å²) in [5.41, 5.74) is 4.94. The highest BCUT2D eigenvalue weighted by molar-refractivity contribution is 9.10. The Morgan fingerprint density at radius 1 is 1.25 bits per heavy atom. The lowest BCUT2D eigenvalue weighted by atomic mass is 10.2. The Morgan fingerprint density at radius 3 is 2.75 bits per heavy atom. The van der Waals surface area contributed by atoms with Crippen molar-refractivity contribution in [3.05, 3.63) is 56.5 Å². The van der Waals surface area contributed by atoms with Crippen LogP contribution in [0.15, 0.2) is 50.4 Å². The lowest BCUT2D eigenvalue weighted by molar-refractivity contribution is 0.252. The molecule has 0 aliphatic rings. The van der Waals surface area contributed by atoms with Gasteiger partial charge in [-0.1, -0.05) is 31.9 Å². The number of halogens is 2. The zero-order chi connectivity index (χ0) is 17.5. The van der Waals surface area contributed by atoms with Gasteiger partial charge < -0.3 is 10.1 Å². The topological polar surface area (TPSA) is 62.7 Å². The predicted molar refractivity (Wildman–Crippen MR) is 104 cm³/mol. The van der Waals surface area contributed by atoms with E-state index in [4.69, 9.17) is 4.74 Å². The Labute approximate surface area is 157 Å². The van der Waals surface area contributed by atoms with Crippen LogP contribution in [-0.4, -0.2) is 18.9 Å². The molecule has 0 aromatic heterocycles. The number of hydrogen-bond donors (Lipinski definition) is 2. The lowest BCUT2D eigenvalue weighted by Gasteiger charge is -2.08. The predicted octanol–water partition coefficient (Wildman–Crippen LogP) is 5.07. The number of carbonyl (C=O) groups excluding carboxylic acids is 1. The summed E-state index contributed by atoms with van der Waals surface area (Å²) in [4.78, 5) is 11.9. The number of anilines is 1. The van der Waals surface area contributed by atoms with Gasteiger partial charge in [-0.05, 0) is 55.8 Å². The van der Waals surface area contributed by atoms with Crippen molar-refractivity contribution in [1.82, 2.24) is 5.43 Å². The zero-order valence-electron chi connectivity index (χ0n) is 13.3. The second kappa shape index (κ2) is 8.84. The average Bonchev–Trinajstić information content (AvgIpc) is 2.53. The van der Waals surface area contributed by atoms with Gasteiger partial charge in [-0.25, -0.2) is 10.2 Å². The minimum absolute atomic E-state index is 0.416. The number of hydrogen-bond acceptors (Lipinski definition) is 3. The number of ether oxygens (including phenoxy) is 1. The van der Waals surface area contributed by atoms with E-state index in [0.29, 0.717) is 18.0 Å². The molecule has 2 aromatic carbocycles. The first-order chi connectivity index (χ1) is 11.5. The van der Waals surface area contributed by atoms with Crippen LogP contribution in [-0.2, 0) is 0 Å². The van der Waals surface area contributed by atoms with Gasteiger partial charge in [0.25, 0.3) is 0 Å². The summed E-state index contributed by atoms with van der Waals surface area (Å²) in [6.07, 6.45) is 1.54. The van der Waals surface area contributed by atoms with E-state index in [2.05, 4.69) is 47.7 Å². The first kappa shape index (κ1) is 18.5. The standard InChI is InChI=1S/C17H17Br2N3O2/c1-3-24-16-7-4-13(18)9-12(16)10-20-22-17(23)21-14-5-6-15(19)11(2)8-14/h4-10H,3H2,1-2H3,(H2,21,22,23)/b20-10+. The fourth-order valence-electron chi connectivity index (χ4n) is 1.95. The third-order valence-electron chi connectivity index (χ3n) is 3.06. The molecule has 126 valence electrons. The van der Waals surface area contributed by atoms with Gasteiger partial charge in [-0.3, -0.25) is 0 Å². The molecule has 2 amide bonds. The molecule has 0 aliphatic carbocycles. The van der Waals surface area contributed by atoms with Crippen molar-refractivity contribution < 1.29 is 9.53 Å². The van der Waals surface area contributed by atoms with Crippen LogP contribution < -0.4 is 15.5 Å². The molecule has 0 saturated heterocycles. The number of urea groups is 1. The van der Waals surface area contributed by atoms with E-state index in [1.165, 1.54) is 0 Å². The molecule has 0 fully saturated rings. The summed E-state index contributed by atoms with van der Waals surface area (Å²) in [5.74, 6) is 0.704. The van der Waals surface area contributed by atoms with Gasteiger partial charge in [-0.15, -0.1) is 0 Å². The fraction of sp³-hybridized carbons (Fsp3) is 0.176. The quantitative estimate of drug-likeness (QED) is 0.489. The Kier molecular flexibility index (Phi) is 6.81. The van der Waals surface area contributed by atoms with Crippen LogP contribution >= 0.6 is 31.9 Å². The number of rotatable bonds is 5. The van der Waals surface area contributed by atoms with E-state index < -0.39 is 6.03 Å². The third-order valence-corrected chi connectivity index (χ3v) is 4.44. The normalized spacial score (nSPS) is 10.7. The van der Waals surface area contributed by atoms with Crippen molar-refractivity contribution in [3.63, 3.8) is 0 Å². The van der Waals surface area contributed by atoms with E-state index in [0.717, 1.165) is 20.1 Å². The monoisotopic (exact) mass is 453 g/mol. The first-order valence-corrected chi connectivity index (χ1v) is 8.86. The maximum atomic E-state index is 11.9. The highest BCUT2D eigenvalue weighted by Gasteiger charge is 2.04. The van der Waals surface area contributed by atoms with E-state index in [9.17, 15) is 4.79 Å². The molecule has 2 rings (SSSR count). The summed E-state index contributed by atoms with van der Waals surface area (Å²) >= 11 is 6.83. The Balaban J connectivity index is 1.99. The number of amides is 2. The molecule has 2 N–H and O–H groups in total. The van der Waals surface area contributed by atoms with Gasteiger partial charge in [0.2, 0.25) is 0 Å². The highest BCUT2D eigenvalue weighted by atomic mass is 79.9. The summed E-state index contributed by atoms with van der Waals surface area (Å²) in [6, 6.07) is 10.7. The molecular weight excluding hydrogens is 438 g/mol. The Bertz CT molecular complexity index is 763. The Hall–Kier alpha value is -1.86. The molecule has 0 heterocycles. The van der Waals surface area contributed by atoms with Gasteiger partial charge in [0.1, 0.15) is 5.75 Å². The largest absolute Gasteiger partial charge is 0.493 e. The summed E-state index contributed by atoms with van der Waals surface area (Å²) < 4.78 is 7.42. The second-order valence-corrected chi connectivity index (χ2v) is 6.67. The van der Waals surface area contributed by atoms with Crippen molar-refractivity contribution in [2.45, 2.75) is 13.8 Å². The summed E-state index contributed by atoms with van der Waals surface area (Å²) in [6.45, 7) is 4.42. The number of aryl methyl sites for hydroxylation is 1. The molecule has 7 heteroatoms. The molecule has 0 bridgehead atoms. The van der Waals surface area contributed by atoms with Crippen molar-refractivity contribution in [2.75, 3.05) is 11.9 Å². The maximum absolute atomic E-state index is 11.9. The maximum Gasteiger partial charge on any atom is 0.339 e. The molecule has 0 aliphatic heterocycles. The van der Waals surface area contributed by atoms with Gasteiger partial charge >= 0.3 is 6.03 Å². The third kappa shape index (κ3) is 5.35. The highest BCUT2D eigenvalue weighted by Crippen LogP contribution is 2.22.